The summed E-state index contributed by atoms with van der Waals surface area (Å²) in [5, 5.41) is 2.25. The molecule has 0 aliphatic heterocycles. The summed E-state index contributed by atoms with van der Waals surface area (Å²) >= 11 is 0. The molecule has 0 fully saturated rings. The first kappa shape index (κ1) is 33.0. The molecular formula is C42H38IrN2O-2. The second kappa shape index (κ2) is 14.0. The van der Waals surface area contributed by atoms with E-state index < -0.39 is 0 Å². The van der Waals surface area contributed by atoms with Crippen molar-refractivity contribution in [2.24, 2.45) is 5.41 Å². The van der Waals surface area contributed by atoms with Crippen LogP contribution >= 0.6 is 0 Å². The van der Waals surface area contributed by atoms with Crippen molar-refractivity contribution >= 4 is 21.9 Å². The van der Waals surface area contributed by atoms with E-state index in [0.717, 1.165) is 50.9 Å². The zero-order valence-corrected chi connectivity index (χ0v) is 29.4. The van der Waals surface area contributed by atoms with E-state index in [1.165, 1.54) is 16.7 Å². The van der Waals surface area contributed by atoms with E-state index in [1.807, 2.05) is 60.9 Å². The van der Waals surface area contributed by atoms with Crippen molar-refractivity contribution in [3.63, 3.8) is 0 Å². The number of pyridine rings is 2. The molecule has 0 aliphatic carbocycles. The molecule has 0 aliphatic rings. The molecule has 233 valence electrons. The number of rotatable bonds is 5. The Hall–Kier alpha value is -4.37. The van der Waals surface area contributed by atoms with Crippen LogP contribution < -0.4 is 0 Å². The van der Waals surface area contributed by atoms with Gasteiger partial charge in [0.05, 0.1) is 5.58 Å². The summed E-state index contributed by atoms with van der Waals surface area (Å²) in [6.45, 7) is 11.2. The molecule has 7 rings (SSSR count). The zero-order valence-electron chi connectivity index (χ0n) is 27.0. The van der Waals surface area contributed by atoms with Gasteiger partial charge in [0.1, 0.15) is 5.58 Å². The molecule has 1 radical (unpaired) electrons. The van der Waals surface area contributed by atoms with Crippen LogP contribution in [0, 0.1) is 17.5 Å². The molecule has 3 nitrogen and oxygen atoms in total. The molecule has 0 atom stereocenters. The van der Waals surface area contributed by atoms with Crippen LogP contribution in [0.3, 0.4) is 0 Å². The van der Waals surface area contributed by atoms with Crippen LogP contribution in [-0.2, 0) is 31.9 Å². The number of hydrogen-bond acceptors (Lipinski definition) is 3. The fraction of sp³-hybridized carbons (Fsp3) is 0.190. The van der Waals surface area contributed by atoms with Gasteiger partial charge in [0.2, 0.25) is 0 Å². The van der Waals surface area contributed by atoms with Crippen LogP contribution in [0.15, 0.2) is 132 Å². The van der Waals surface area contributed by atoms with E-state index in [4.69, 9.17) is 4.42 Å². The van der Waals surface area contributed by atoms with Crippen molar-refractivity contribution < 1.29 is 24.5 Å². The summed E-state index contributed by atoms with van der Waals surface area (Å²) in [6, 6.07) is 45.7. The van der Waals surface area contributed by atoms with Gasteiger partial charge in [-0.05, 0) is 52.5 Å². The van der Waals surface area contributed by atoms with E-state index in [2.05, 4.69) is 123 Å². The van der Waals surface area contributed by atoms with Gasteiger partial charge in [-0.2, -0.15) is 0 Å². The maximum absolute atomic E-state index is 6.11. The maximum Gasteiger partial charge on any atom is 0.120 e. The molecule has 0 saturated carbocycles. The summed E-state index contributed by atoms with van der Waals surface area (Å²) in [7, 11) is 0. The van der Waals surface area contributed by atoms with Gasteiger partial charge >= 0.3 is 0 Å². The van der Waals surface area contributed by atoms with Crippen LogP contribution in [0.1, 0.15) is 51.3 Å². The Balaban J connectivity index is 0.000000179. The number of para-hydroxylation sites is 1. The van der Waals surface area contributed by atoms with E-state index in [0.29, 0.717) is 0 Å². The van der Waals surface area contributed by atoms with Crippen LogP contribution in [-0.4, -0.2) is 9.97 Å². The number of fused-ring (bicyclic) bond motifs is 3. The van der Waals surface area contributed by atoms with E-state index in [-0.39, 0.29) is 30.9 Å². The standard InChI is InChI=1S/C22H20NO.C20H18N.Ir/c1-22(2,3)14-15-11-12-23-19(13-15)18-9-6-8-17-16-7-4-5-10-20(16)24-21(17)18;1-20(2,17-11-7-4-8-12-17)18-13-14-21-19(15-18)16-9-5-3-6-10-16;/h4-8,10-13H,14H2,1-3H3;3-9,11-15H,1-2H3;/q2*-1;. The number of hydrogen-bond donors (Lipinski definition) is 0. The molecule has 46 heavy (non-hydrogen) atoms. The van der Waals surface area contributed by atoms with Gasteiger partial charge in [-0.25, -0.2) is 0 Å². The molecule has 3 heterocycles. The van der Waals surface area contributed by atoms with Gasteiger partial charge in [0, 0.05) is 43.3 Å². The van der Waals surface area contributed by atoms with Crippen LogP contribution in [0.4, 0.5) is 0 Å². The molecular weight excluding hydrogens is 741 g/mol. The third kappa shape index (κ3) is 7.36. The van der Waals surface area contributed by atoms with Gasteiger partial charge in [0.15, 0.2) is 0 Å². The summed E-state index contributed by atoms with van der Waals surface area (Å²) in [5.41, 5.74) is 9.66. The number of benzene rings is 4. The van der Waals surface area contributed by atoms with Crippen molar-refractivity contribution in [2.45, 2.75) is 46.5 Å². The predicted octanol–water partition coefficient (Wildman–Crippen LogP) is 10.9. The third-order valence-electron chi connectivity index (χ3n) is 8.12. The monoisotopic (exact) mass is 779 g/mol. The summed E-state index contributed by atoms with van der Waals surface area (Å²) < 4.78 is 6.11. The number of nitrogens with zero attached hydrogens (tertiary/aromatic N) is 2. The molecule has 7 aromatic rings. The number of furan rings is 1. The van der Waals surface area contributed by atoms with Crippen molar-refractivity contribution in [3.05, 3.63) is 156 Å². The first-order valence-corrected chi connectivity index (χ1v) is 15.5. The minimum atomic E-state index is -0.0479. The minimum Gasteiger partial charge on any atom is -0.501 e. The molecule has 0 spiro atoms. The molecule has 3 aromatic heterocycles. The van der Waals surface area contributed by atoms with Crippen molar-refractivity contribution in [3.8, 4) is 22.5 Å². The van der Waals surface area contributed by atoms with Crippen LogP contribution in [0.25, 0.3) is 44.5 Å². The average molecular weight is 779 g/mol. The smallest absolute Gasteiger partial charge is 0.120 e. The topological polar surface area (TPSA) is 38.9 Å². The van der Waals surface area contributed by atoms with Gasteiger partial charge < -0.3 is 14.4 Å². The SMILES string of the molecule is CC(C)(C)Cc1ccnc(-c2[c-]ccc3c2oc2ccccc23)c1.CC(C)(c1ccccc1)c1ccnc(-c2[c-]cccc2)c1.[Ir]. The molecule has 4 heteroatoms. The summed E-state index contributed by atoms with van der Waals surface area (Å²) in [4.78, 5) is 9.05. The van der Waals surface area contributed by atoms with Gasteiger partial charge in [0.25, 0.3) is 0 Å². The molecule has 0 unspecified atom stereocenters. The Bertz CT molecular complexity index is 2040. The van der Waals surface area contributed by atoms with Gasteiger partial charge in [-0.15, -0.1) is 54.1 Å². The molecule has 0 amide bonds. The molecule has 4 aromatic carbocycles. The maximum atomic E-state index is 6.11. The van der Waals surface area contributed by atoms with Gasteiger partial charge in [-0.1, -0.05) is 112 Å². The number of aromatic nitrogens is 2. The Morgan fingerprint density at radius 1 is 0.630 bits per heavy atom. The predicted molar refractivity (Wildman–Crippen MR) is 186 cm³/mol. The Morgan fingerprint density at radius 2 is 1.35 bits per heavy atom. The van der Waals surface area contributed by atoms with Gasteiger partial charge in [-0.3, -0.25) is 0 Å². The molecule has 0 saturated heterocycles. The largest absolute Gasteiger partial charge is 0.501 e. The molecule has 0 N–H and O–H groups in total. The fourth-order valence-electron chi connectivity index (χ4n) is 5.75. The first-order chi connectivity index (χ1) is 21.7. The average Bonchev–Trinajstić information content (AvgIpc) is 3.44. The van der Waals surface area contributed by atoms with Crippen LogP contribution in [0.2, 0.25) is 0 Å². The van der Waals surface area contributed by atoms with E-state index in [1.54, 1.807) is 0 Å². The molecule has 0 bridgehead atoms. The van der Waals surface area contributed by atoms with Crippen LogP contribution in [0.5, 0.6) is 0 Å². The summed E-state index contributed by atoms with van der Waals surface area (Å²) in [6.07, 6.45) is 4.78. The zero-order chi connectivity index (χ0) is 31.4. The van der Waals surface area contributed by atoms with E-state index >= 15 is 0 Å². The summed E-state index contributed by atoms with van der Waals surface area (Å²) in [5.74, 6) is 0. The van der Waals surface area contributed by atoms with Crippen molar-refractivity contribution in [2.75, 3.05) is 0 Å². The normalized spacial score (nSPS) is 11.5. The Labute approximate surface area is 286 Å². The second-order valence-electron chi connectivity index (χ2n) is 13.2. The van der Waals surface area contributed by atoms with Crippen molar-refractivity contribution in [1.82, 2.24) is 9.97 Å². The Morgan fingerprint density at radius 3 is 2.11 bits per heavy atom. The second-order valence-corrected chi connectivity index (χ2v) is 13.2. The Kier molecular flexibility index (Phi) is 10.0. The fourth-order valence-corrected chi connectivity index (χ4v) is 5.75. The van der Waals surface area contributed by atoms with E-state index in [9.17, 15) is 0 Å². The van der Waals surface area contributed by atoms with Crippen molar-refractivity contribution in [1.29, 1.82) is 0 Å². The minimum absolute atomic E-state index is 0. The first-order valence-electron chi connectivity index (χ1n) is 15.5. The third-order valence-corrected chi connectivity index (χ3v) is 8.12. The quantitative estimate of drug-likeness (QED) is 0.163.